The standard InChI is InChI=1S/C26H41NO3S/c1-4-5-17-26(2,3)24(28)16-15-21-22(30-25-14-10-12-19-29-25)20-31-23(21)13-9-7-6-8-11-18-27/h7,9,15-16,21-23,25H,4-6,8,10-14,17,19-20H2,1-3H3/t21-,22-,23+,25?/m0/s1. The molecule has 0 aliphatic carbocycles. The van der Waals surface area contributed by atoms with E-state index in [4.69, 9.17) is 14.7 Å². The van der Waals surface area contributed by atoms with E-state index in [0.29, 0.717) is 11.7 Å². The molecule has 31 heavy (non-hydrogen) atoms. The Kier molecular flexibility index (Phi) is 11.9. The first-order valence-electron chi connectivity index (χ1n) is 12.1. The van der Waals surface area contributed by atoms with Gasteiger partial charge in [-0.25, -0.2) is 0 Å². The number of ketones is 1. The van der Waals surface area contributed by atoms with Crippen molar-refractivity contribution >= 4 is 17.5 Å². The molecule has 0 aromatic rings. The Morgan fingerprint density at radius 3 is 2.84 bits per heavy atom. The minimum atomic E-state index is -0.308. The maximum absolute atomic E-state index is 12.9. The highest BCUT2D eigenvalue weighted by Crippen LogP contribution is 2.39. The lowest BCUT2D eigenvalue weighted by molar-refractivity contribution is -0.188. The molecule has 2 rings (SSSR count). The average Bonchev–Trinajstić information content (AvgIpc) is 3.14. The number of carbonyl (C=O) groups is 1. The van der Waals surface area contributed by atoms with Crippen LogP contribution in [0.2, 0.25) is 0 Å². The minimum Gasteiger partial charge on any atom is -0.353 e. The van der Waals surface area contributed by atoms with Gasteiger partial charge in [0.15, 0.2) is 12.1 Å². The summed E-state index contributed by atoms with van der Waals surface area (Å²) in [4.78, 5) is 12.9. The average molecular weight is 448 g/mol. The number of carbonyl (C=O) groups excluding carboxylic acids is 1. The number of ether oxygens (including phenoxy) is 2. The number of nitriles is 1. The molecule has 0 aromatic heterocycles. The number of allylic oxidation sites excluding steroid dienone is 3. The number of thioether (sulfide) groups is 1. The van der Waals surface area contributed by atoms with Crippen LogP contribution in [0.15, 0.2) is 24.3 Å². The van der Waals surface area contributed by atoms with Crippen LogP contribution in [0.5, 0.6) is 0 Å². The number of rotatable bonds is 13. The van der Waals surface area contributed by atoms with Gasteiger partial charge < -0.3 is 9.47 Å². The molecule has 4 nitrogen and oxygen atoms in total. The van der Waals surface area contributed by atoms with Gasteiger partial charge in [-0.05, 0) is 51.0 Å². The Balaban J connectivity index is 2.01. The van der Waals surface area contributed by atoms with E-state index in [2.05, 4.69) is 45.1 Å². The zero-order chi connectivity index (χ0) is 22.5. The van der Waals surface area contributed by atoms with Crippen LogP contribution >= 0.6 is 11.8 Å². The van der Waals surface area contributed by atoms with Crippen molar-refractivity contribution in [2.75, 3.05) is 12.4 Å². The van der Waals surface area contributed by atoms with Crippen LogP contribution in [0.3, 0.4) is 0 Å². The van der Waals surface area contributed by atoms with Crippen molar-refractivity contribution in [1.29, 1.82) is 5.26 Å². The maximum Gasteiger partial charge on any atom is 0.160 e. The molecule has 4 atom stereocenters. The van der Waals surface area contributed by atoms with Gasteiger partial charge in [-0.15, -0.1) is 0 Å². The molecule has 2 heterocycles. The van der Waals surface area contributed by atoms with Crippen molar-refractivity contribution in [1.82, 2.24) is 0 Å². The Morgan fingerprint density at radius 1 is 1.29 bits per heavy atom. The number of nitrogens with zero attached hydrogens (tertiary/aromatic N) is 1. The van der Waals surface area contributed by atoms with Crippen LogP contribution in [0.4, 0.5) is 0 Å². The van der Waals surface area contributed by atoms with Crippen molar-refractivity contribution in [2.45, 2.75) is 103 Å². The second-order valence-electron chi connectivity index (χ2n) is 9.39. The van der Waals surface area contributed by atoms with Crippen LogP contribution in [-0.2, 0) is 14.3 Å². The minimum absolute atomic E-state index is 0.0906. The van der Waals surface area contributed by atoms with Crippen LogP contribution in [0.1, 0.15) is 85.0 Å². The summed E-state index contributed by atoms with van der Waals surface area (Å²) in [7, 11) is 0. The van der Waals surface area contributed by atoms with Crippen LogP contribution < -0.4 is 0 Å². The Morgan fingerprint density at radius 2 is 2.13 bits per heavy atom. The van der Waals surface area contributed by atoms with E-state index in [1.807, 2.05) is 17.8 Å². The molecule has 1 unspecified atom stereocenters. The lowest BCUT2D eigenvalue weighted by Gasteiger charge is -2.29. The summed E-state index contributed by atoms with van der Waals surface area (Å²) >= 11 is 1.94. The SMILES string of the molecule is CCCCC(C)(C)C(=O)C=C[C@H]1[C@@H](OC2CCCCO2)CS[C@@H]1CC=CCCCC#N. The Hall–Kier alpha value is -1.09. The summed E-state index contributed by atoms with van der Waals surface area (Å²) in [5.41, 5.74) is -0.308. The summed E-state index contributed by atoms with van der Waals surface area (Å²) < 4.78 is 12.2. The third-order valence-corrected chi connectivity index (χ3v) is 7.74. The molecule has 0 spiro atoms. The largest absolute Gasteiger partial charge is 0.353 e. The second-order valence-corrected chi connectivity index (χ2v) is 10.7. The van der Waals surface area contributed by atoms with Gasteiger partial charge in [-0.2, -0.15) is 17.0 Å². The summed E-state index contributed by atoms with van der Waals surface area (Å²) in [5.74, 6) is 1.37. The lowest BCUT2D eigenvalue weighted by atomic mass is 9.82. The van der Waals surface area contributed by atoms with E-state index in [9.17, 15) is 4.79 Å². The van der Waals surface area contributed by atoms with Gasteiger partial charge in [0.05, 0.1) is 12.2 Å². The van der Waals surface area contributed by atoms with E-state index in [1.54, 1.807) is 0 Å². The predicted octanol–water partition coefficient (Wildman–Crippen LogP) is 6.61. The van der Waals surface area contributed by atoms with Gasteiger partial charge in [0, 0.05) is 35.4 Å². The zero-order valence-corrected chi connectivity index (χ0v) is 20.5. The van der Waals surface area contributed by atoms with E-state index >= 15 is 0 Å². The quantitative estimate of drug-likeness (QED) is 0.180. The molecular formula is C26H41NO3S. The molecule has 0 bridgehead atoms. The molecule has 2 aliphatic heterocycles. The first kappa shape index (κ1) is 26.2. The van der Waals surface area contributed by atoms with Gasteiger partial charge in [-0.1, -0.05) is 51.8 Å². The molecular weight excluding hydrogens is 406 g/mol. The van der Waals surface area contributed by atoms with Crippen molar-refractivity contribution in [3.05, 3.63) is 24.3 Å². The fraction of sp³-hybridized carbons (Fsp3) is 0.769. The lowest BCUT2D eigenvalue weighted by Crippen LogP contribution is -2.33. The fourth-order valence-electron chi connectivity index (χ4n) is 4.11. The van der Waals surface area contributed by atoms with Crippen molar-refractivity contribution in [2.24, 2.45) is 11.3 Å². The summed E-state index contributed by atoms with van der Waals surface area (Å²) in [6.45, 7) is 7.07. The number of hydrogen-bond acceptors (Lipinski definition) is 5. The predicted molar refractivity (Wildman–Crippen MR) is 129 cm³/mol. The van der Waals surface area contributed by atoms with Gasteiger partial charge in [0.25, 0.3) is 0 Å². The van der Waals surface area contributed by atoms with Crippen molar-refractivity contribution in [3.63, 3.8) is 0 Å². The van der Waals surface area contributed by atoms with Gasteiger partial charge >= 0.3 is 0 Å². The van der Waals surface area contributed by atoms with Crippen molar-refractivity contribution < 1.29 is 14.3 Å². The molecule has 2 fully saturated rings. The maximum atomic E-state index is 12.9. The molecule has 5 heteroatoms. The van der Waals surface area contributed by atoms with Crippen LogP contribution in [0, 0.1) is 22.7 Å². The van der Waals surface area contributed by atoms with E-state index in [1.165, 1.54) is 0 Å². The summed E-state index contributed by atoms with van der Waals surface area (Å²) in [6.07, 6.45) is 18.2. The molecule has 0 N–H and O–H groups in total. The number of unbranched alkanes of at least 4 members (excludes halogenated alkanes) is 3. The molecule has 0 amide bonds. The highest BCUT2D eigenvalue weighted by atomic mass is 32.2. The Labute approximate surface area is 193 Å². The molecule has 174 valence electrons. The van der Waals surface area contributed by atoms with E-state index in [0.717, 1.165) is 70.1 Å². The highest BCUT2D eigenvalue weighted by molar-refractivity contribution is 8.00. The monoisotopic (exact) mass is 447 g/mol. The highest BCUT2D eigenvalue weighted by Gasteiger charge is 2.37. The van der Waals surface area contributed by atoms with Gasteiger partial charge in [-0.3, -0.25) is 4.79 Å². The number of hydrogen-bond donors (Lipinski definition) is 0. The summed E-state index contributed by atoms with van der Waals surface area (Å²) in [5, 5.41) is 9.07. The van der Waals surface area contributed by atoms with Crippen molar-refractivity contribution in [3.8, 4) is 6.07 Å². The smallest absolute Gasteiger partial charge is 0.160 e. The van der Waals surface area contributed by atoms with Gasteiger partial charge in [0.2, 0.25) is 0 Å². The zero-order valence-electron chi connectivity index (χ0n) is 19.7. The normalized spacial score (nSPS) is 27.2. The molecule has 0 aromatic carbocycles. The topological polar surface area (TPSA) is 59.3 Å². The molecule has 0 saturated carbocycles. The summed E-state index contributed by atoms with van der Waals surface area (Å²) in [6, 6.07) is 2.20. The molecule has 2 saturated heterocycles. The van der Waals surface area contributed by atoms with E-state index in [-0.39, 0.29) is 29.5 Å². The van der Waals surface area contributed by atoms with Crippen LogP contribution in [0.25, 0.3) is 0 Å². The molecule has 0 radical (unpaired) electrons. The second kappa shape index (κ2) is 14.1. The van der Waals surface area contributed by atoms with E-state index < -0.39 is 0 Å². The first-order valence-corrected chi connectivity index (χ1v) is 13.2. The Bertz CT molecular complexity index is 631. The van der Waals surface area contributed by atoms with Crippen LogP contribution in [-0.4, -0.2) is 35.8 Å². The first-order chi connectivity index (χ1) is 15.0. The third-order valence-electron chi connectivity index (χ3n) is 6.28. The fourth-order valence-corrected chi connectivity index (χ4v) is 5.58. The third kappa shape index (κ3) is 9.12. The molecule has 2 aliphatic rings. The van der Waals surface area contributed by atoms with Gasteiger partial charge in [0.1, 0.15) is 0 Å².